The van der Waals surface area contributed by atoms with Gasteiger partial charge in [-0.15, -0.1) is 18.2 Å². The number of hydrogen-bond acceptors (Lipinski definition) is 4. The summed E-state index contributed by atoms with van der Waals surface area (Å²) in [5, 5.41) is 13.5. The Balaban J connectivity index is 3.90. The number of hydrogen-bond donors (Lipinski definition) is 3. The first-order chi connectivity index (χ1) is 7.97. The highest BCUT2D eigenvalue weighted by molar-refractivity contribution is 8.00. The van der Waals surface area contributed by atoms with Crippen LogP contribution in [0.5, 0.6) is 0 Å². The highest BCUT2D eigenvalue weighted by atomic mass is 32.2. The summed E-state index contributed by atoms with van der Waals surface area (Å²) in [6.07, 6.45) is 4.95. The SMILES string of the molecule is C#CCNC(=O)CSCC(NC(C)=O)C(=O)O. The number of amides is 2. The van der Waals surface area contributed by atoms with E-state index in [2.05, 4.69) is 16.6 Å². The molecule has 0 aromatic heterocycles. The van der Waals surface area contributed by atoms with E-state index in [0.29, 0.717) is 0 Å². The molecule has 1 atom stereocenters. The molecule has 0 aromatic rings. The molecule has 0 aliphatic heterocycles. The van der Waals surface area contributed by atoms with Gasteiger partial charge in [-0.05, 0) is 0 Å². The summed E-state index contributed by atoms with van der Waals surface area (Å²) in [5.74, 6) is 0.662. The average Bonchev–Trinajstić information content (AvgIpc) is 2.24. The summed E-state index contributed by atoms with van der Waals surface area (Å²) in [6, 6.07) is -0.988. The lowest BCUT2D eigenvalue weighted by atomic mass is 10.3. The number of terminal acetylenes is 1. The first-order valence-corrected chi connectivity index (χ1v) is 5.90. The molecule has 0 radical (unpaired) electrons. The first-order valence-electron chi connectivity index (χ1n) is 4.75. The highest BCUT2D eigenvalue weighted by Gasteiger charge is 2.18. The molecular weight excluding hydrogens is 244 g/mol. The lowest BCUT2D eigenvalue weighted by Gasteiger charge is -2.12. The highest BCUT2D eigenvalue weighted by Crippen LogP contribution is 2.03. The van der Waals surface area contributed by atoms with Crippen molar-refractivity contribution in [1.82, 2.24) is 10.6 Å². The molecule has 0 saturated carbocycles. The Labute approximate surface area is 104 Å². The van der Waals surface area contributed by atoms with E-state index in [1.807, 2.05) is 0 Å². The Hall–Kier alpha value is -1.68. The van der Waals surface area contributed by atoms with E-state index in [1.165, 1.54) is 6.92 Å². The number of aliphatic carboxylic acids is 1. The number of rotatable bonds is 7. The smallest absolute Gasteiger partial charge is 0.327 e. The molecule has 0 heterocycles. The van der Waals surface area contributed by atoms with Crippen LogP contribution < -0.4 is 10.6 Å². The van der Waals surface area contributed by atoms with Gasteiger partial charge in [-0.1, -0.05) is 5.92 Å². The largest absolute Gasteiger partial charge is 0.480 e. The third-order valence-corrected chi connectivity index (χ3v) is 2.62. The van der Waals surface area contributed by atoms with Crippen molar-refractivity contribution >= 4 is 29.5 Å². The number of thioether (sulfide) groups is 1. The van der Waals surface area contributed by atoms with Crippen molar-refractivity contribution in [3.63, 3.8) is 0 Å². The maximum atomic E-state index is 11.1. The number of carbonyl (C=O) groups is 3. The predicted octanol–water partition coefficient (Wildman–Crippen LogP) is -0.942. The van der Waals surface area contributed by atoms with Crippen LogP contribution in [0.1, 0.15) is 6.92 Å². The summed E-state index contributed by atoms with van der Waals surface area (Å²) in [6.45, 7) is 1.38. The standard InChI is InChI=1S/C10H14N2O4S/c1-3-4-11-9(14)6-17-5-8(10(15)16)12-7(2)13/h1,8H,4-6H2,2H3,(H,11,14)(H,12,13)(H,15,16). The van der Waals surface area contributed by atoms with E-state index in [0.717, 1.165) is 11.8 Å². The topological polar surface area (TPSA) is 95.5 Å². The van der Waals surface area contributed by atoms with E-state index in [9.17, 15) is 14.4 Å². The minimum Gasteiger partial charge on any atom is -0.480 e. The fraction of sp³-hybridized carbons (Fsp3) is 0.500. The van der Waals surface area contributed by atoms with E-state index < -0.39 is 17.9 Å². The molecule has 7 heteroatoms. The minimum absolute atomic E-state index is 0.102. The van der Waals surface area contributed by atoms with Gasteiger partial charge in [-0.2, -0.15) is 0 Å². The van der Waals surface area contributed by atoms with Crippen molar-refractivity contribution in [3.05, 3.63) is 0 Å². The lowest BCUT2D eigenvalue weighted by molar-refractivity contribution is -0.140. The van der Waals surface area contributed by atoms with Crippen LogP contribution >= 0.6 is 11.8 Å². The second kappa shape index (κ2) is 8.47. The van der Waals surface area contributed by atoms with Gasteiger partial charge in [0, 0.05) is 12.7 Å². The van der Waals surface area contributed by atoms with Crippen molar-refractivity contribution in [2.45, 2.75) is 13.0 Å². The minimum atomic E-state index is -1.13. The van der Waals surface area contributed by atoms with Crippen molar-refractivity contribution in [2.75, 3.05) is 18.1 Å². The molecule has 0 spiro atoms. The van der Waals surface area contributed by atoms with E-state index >= 15 is 0 Å². The fourth-order valence-corrected chi connectivity index (χ4v) is 1.76. The van der Waals surface area contributed by atoms with Crippen LogP contribution in [0.25, 0.3) is 0 Å². The van der Waals surface area contributed by atoms with Gasteiger partial charge < -0.3 is 15.7 Å². The molecule has 2 amide bonds. The third kappa shape index (κ3) is 8.16. The lowest BCUT2D eigenvalue weighted by Crippen LogP contribution is -2.41. The summed E-state index contributed by atoms with van der Waals surface area (Å²) in [5.41, 5.74) is 0. The molecule has 6 nitrogen and oxygen atoms in total. The van der Waals surface area contributed by atoms with Crippen LogP contribution in [0.15, 0.2) is 0 Å². The zero-order valence-corrected chi connectivity index (χ0v) is 10.2. The maximum Gasteiger partial charge on any atom is 0.327 e. The Morgan fingerprint density at radius 2 is 2.12 bits per heavy atom. The van der Waals surface area contributed by atoms with Crippen LogP contribution in [-0.4, -0.2) is 47.0 Å². The number of nitrogens with one attached hydrogen (secondary N) is 2. The Kier molecular flexibility index (Phi) is 7.63. The second-order valence-electron chi connectivity index (χ2n) is 3.09. The van der Waals surface area contributed by atoms with Gasteiger partial charge in [0.1, 0.15) is 6.04 Å². The zero-order chi connectivity index (χ0) is 13.3. The van der Waals surface area contributed by atoms with Crippen LogP contribution in [0.3, 0.4) is 0 Å². The molecule has 0 aliphatic rings. The molecule has 17 heavy (non-hydrogen) atoms. The van der Waals surface area contributed by atoms with Crippen molar-refractivity contribution < 1.29 is 19.5 Å². The Morgan fingerprint density at radius 3 is 2.59 bits per heavy atom. The first kappa shape index (κ1) is 15.3. The quantitative estimate of drug-likeness (QED) is 0.512. The molecule has 0 aliphatic carbocycles. The third-order valence-electron chi connectivity index (χ3n) is 1.58. The molecular formula is C10H14N2O4S. The molecule has 94 valence electrons. The molecule has 3 N–H and O–H groups in total. The number of carbonyl (C=O) groups excluding carboxylic acids is 2. The molecule has 0 saturated heterocycles. The van der Waals surface area contributed by atoms with Gasteiger partial charge in [-0.3, -0.25) is 9.59 Å². The van der Waals surface area contributed by atoms with Gasteiger partial charge in [0.25, 0.3) is 0 Å². The Bertz CT molecular complexity index is 338. The summed E-state index contributed by atoms with van der Waals surface area (Å²) in [7, 11) is 0. The number of carboxylic acid groups (broad SMARTS) is 1. The summed E-state index contributed by atoms with van der Waals surface area (Å²) >= 11 is 1.11. The van der Waals surface area contributed by atoms with Crippen molar-refractivity contribution in [1.29, 1.82) is 0 Å². The Morgan fingerprint density at radius 1 is 1.47 bits per heavy atom. The van der Waals surface area contributed by atoms with Crippen LogP contribution in [0.4, 0.5) is 0 Å². The predicted molar refractivity (Wildman–Crippen MR) is 64.4 cm³/mol. The van der Waals surface area contributed by atoms with E-state index in [4.69, 9.17) is 11.5 Å². The van der Waals surface area contributed by atoms with Crippen molar-refractivity contribution in [2.24, 2.45) is 0 Å². The van der Waals surface area contributed by atoms with E-state index in [1.54, 1.807) is 0 Å². The maximum absolute atomic E-state index is 11.1. The number of carboxylic acids is 1. The van der Waals surface area contributed by atoms with Gasteiger partial charge in [0.2, 0.25) is 11.8 Å². The van der Waals surface area contributed by atoms with Gasteiger partial charge >= 0.3 is 5.97 Å². The average molecular weight is 258 g/mol. The van der Waals surface area contributed by atoms with Gasteiger partial charge in [0.05, 0.1) is 12.3 Å². The van der Waals surface area contributed by atoms with Crippen LogP contribution in [0, 0.1) is 12.3 Å². The van der Waals surface area contributed by atoms with Crippen LogP contribution in [-0.2, 0) is 14.4 Å². The molecule has 0 fully saturated rings. The summed E-state index contributed by atoms with van der Waals surface area (Å²) < 4.78 is 0. The van der Waals surface area contributed by atoms with E-state index in [-0.39, 0.29) is 24.0 Å². The van der Waals surface area contributed by atoms with Crippen LogP contribution in [0.2, 0.25) is 0 Å². The van der Waals surface area contributed by atoms with Gasteiger partial charge in [-0.25, -0.2) is 4.79 Å². The fourth-order valence-electron chi connectivity index (χ4n) is 0.890. The van der Waals surface area contributed by atoms with Crippen molar-refractivity contribution in [3.8, 4) is 12.3 Å². The second-order valence-corrected chi connectivity index (χ2v) is 4.12. The molecule has 0 rings (SSSR count). The van der Waals surface area contributed by atoms with Gasteiger partial charge in [0.15, 0.2) is 0 Å². The monoisotopic (exact) mass is 258 g/mol. The molecule has 0 aromatic carbocycles. The summed E-state index contributed by atoms with van der Waals surface area (Å²) in [4.78, 5) is 32.6. The molecule has 1 unspecified atom stereocenters. The normalized spacial score (nSPS) is 11.1. The zero-order valence-electron chi connectivity index (χ0n) is 9.36. The molecule has 0 bridgehead atoms.